The van der Waals surface area contributed by atoms with Crippen molar-refractivity contribution >= 4 is 6.09 Å². The molecule has 0 aromatic carbocycles. The minimum Gasteiger partial charge on any atom is -0.444 e. The van der Waals surface area contributed by atoms with Crippen LogP contribution in [-0.2, 0) is 4.74 Å². The Labute approximate surface area is 130 Å². The van der Waals surface area contributed by atoms with Crippen LogP contribution in [0.4, 0.5) is 4.79 Å². The average molecular weight is 298 g/mol. The van der Waals surface area contributed by atoms with Gasteiger partial charge in [0.15, 0.2) is 0 Å². The van der Waals surface area contributed by atoms with E-state index in [0.717, 1.165) is 31.8 Å². The van der Waals surface area contributed by atoms with Crippen LogP contribution in [0.2, 0.25) is 0 Å². The van der Waals surface area contributed by atoms with Crippen molar-refractivity contribution in [1.29, 1.82) is 0 Å². The molecule has 1 fully saturated rings. The minimum atomic E-state index is -0.415. The number of hydrogen-bond donors (Lipinski definition) is 1. The van der Waals surface area contributed by atoms with Crippen LogP contribution in [0.25, 0.3) is 0 Å². The second-order valence-corrected chi connectivity index (χ2v) is 7.55. The highest BCUT2D eigenvalue weighted by molar-refractivity contribution is 5.68. The first-order chi connectivity index (χ1) is 9.73. The molecule has 3 atom stereocenters. The zero-order valence-electron chi connectivity index (χ0n) is 14.7. The fraction of sp³-hybridized carbons (Fsp3) is 0.941. The molecule has 4 heteroatoms. The first kappa shape index (κ1) is 18.3. The number of nitrogens with one attached hydrogen (secondary N) is 1. The maximum absolute atomic E-state index is 12.2. The van der Waals surface area contributed by atoms with Gasteiger partial charge in [-0.1, -0.05) is 20.3 Å². The summed E-state index contributed by atoms with van der Waals surface area (Å²) in [6.45, 7) is 14.3. The van der Waals surface area contributed by atoms with Gasteiger partial charge in [-0.15, -0.1) is 0 Å². The van der Waals surface area contributed by atoms with Crippen molar-refractivity contribution in [3.63, 3.8) is 0 Å². The van der Waals surface area contributed by atoms with Crippen LogP contribution in [0.15, 0.2) is 0 Å². The molecule has 0 aromatic rings. The predicted molar refractivity (Wildman–Crippen MR) is 87.5 cm³/mol. The van der Waals surface area contributed by atoms with Crippen molar-refractivity contribution in [1.82, 2.24) is 10.2 Å². The molecule has 21 heavy (non-hydrogen) atoms. The van der Waals surface area contributed by atoms with Crippen LogP contribution in [0, 0.1) is 5.92 Å². The van der Waals surface area contributed by atoms with Gasteiger partial charge in [-0.25, -0.2) is 4.79 Å². The number of ether oxygens (including phenoxy) is 1. The zero-order valence-corrected chi connectivity index (χ0v) is 14.7. The third kappa shape index (κ3) is 6.68. The lowest BCUT2D eigenvalue weighted by Gasteiger charge is -2.39. The number of carbonyl (C=O) groups excluding carboxylic acids is 1. The number of hydrogen-bond acceptors (Lipinski definition) is 3. The van der Waals surface area contributed by atoms with E-state index in [1.54, 1.807) is 0 Å². The Kier molecular flexibility index (Phi) is 6.98. The molecule has 1 aliphatic heterocycles. The van der Waals surface area contributed by atoms with Crippen molar-refractivity contribution in [2.45, 2.75) is 84.9 Å². The number of rotatable bonds is 5. The molecule has 0 bridgehead atoms. The molecule has 4 nitrogen and oxygen atoms in total. The van der Waals surface area contributed by atoms with E-state index >= 15 is 0 Å². The number of likely N-dealkylation sites (tertiary alicyclic amines) is 1. The zero-order chi connectivity index (χ0) is 16.0. The molecule has 1 N–H and O–H groups in total. The normalized spacial score (nSPS) is 24.8. The van der Waals surface area contributed by atoms with Gasteiger partial charge in [0.2, 0.25) is 0 Å². The fourth-order valence-corrected chi connectivity index (χ4v) is 2.91. The van der Waals surface area contributed by atoms with Crippen molar-refractivity contribution < 1.29 is 9.53 Å². The van der Waals surface area contributed by atoms with E-state index in [-0.39, 0.29) is 12.1 Å². The summed E-state index contributed by atoms with van der Waals surface area (Å²) in [4.78, 5) is 14.0. The maximum Gasteiger partial charge on any atom is 0.410 e. The minimum absolute atomic E-state index is 0.173. The van der Waals surface area contributed by atoms with Gasteiger partial charge in [-0.05, 0) is 59.4 Å². The number of piperidine rings is 1. The SMILES string of the molecule is CCCC(C)CNC1CCN(C(=O)OC(C)(C)C)C(C)C1. The summed E-state index contributed by atoms with van der Waals surface area (Å²) in [5, 5.41) is 3.67. The highest BCUT2D eigenvalue weighted by atomic mass is 16.6. The molecule has 0 radical (unpaired) electrons. The molecular formula is C17H34N2O2. The Hall–Kier alpha value is -0.770. The van der Waals surface area contributed by atoms with Gasteiger partial charge in [0.1, 0.15) is 5.60 Å². The second-order valence-electron chi connectivity index (χ2n) is 7.55. The summed E-state index contributed by atoms with van der Waals surface area (Å²) in [6, 6.07) is 0.769. The lowest BCUT2D eigenvalue weighted by molar-refractivity contribution is 0.00927. The molecule has 1 heterocycles. The summed E-state index contributed by atoms with van der Waals surface area (Å²) in [6.07, 6.45) is 4.38. The van der Waals surface area contributed by atoms with Crippen LogP contribution in [0.5, 0.6) is 0 Å². The van der Waals surface area contributed by atoms with Crippen molar-refractivity contribution in [3.8, 4) is 0 Å². The average Bonchev–Trinajstić information content (AvgIpc) is 2.34. The number of nitrogens with zero attached hydrogens (tertiary/aromatic N) is 1. The van der Waals surface area contributed by atoms with Gasteiger partial charge in [0.05, 0.1) is 0 Å². The van der Waals surface area contributed by atoms with E-state index in [1.807, 2.05) is 25.7 Å². The van der Waals surface area contributed by atoms with Crippen molar-refractivity contribution in [2.24, 2.45) is 5.92 Å². The Bertz CT molecular complexity index is 325. The number of amides is 1. The lowest BCUT2D eigenvalue weighted by atomic mass is 9.97. The number of carbonyl (C=O) groups is 1. The van der Waals surface area contributed by atoms with Gasteiger partial charge in [0, 0.05) is 18.6 Å². The standard InChI is InChI=1S/C17H34N2O2/c1-7-8-13(2)12-18-15-9-10-19(14(3)11-15)16(20)21-17(4,5)6/h13-15,18H,7-12H2,1-6H3. The summed E-state index contributed by atoms with van der Waals surface area (Å²) in [5.41, 5.74) is -0.415. The molecule has 0 saturated carbocycles. The van der Waals surface area contributed by atoms with Crippen LogP contribution >= 0.6 is 0 Å². The smallest absolute Gasteiger partial charge is 0.410 e. The van der Waals surface area contributed by atoms with E-state index < -0.39 is 5.60 Å². The molecule has 0 aromatic heterocycles. The van der Waals surface area contributed by atoms with Gasteiger partial charge in [-0.3, -0.25) is 0 Å². The van der Waals surface area contributed by atoms with Crippen LogP contribution in [0.1, 0.15) is 67.2 Å². The van der Waals surface area contributed by atoms with Crippen LogP contribution < -0.4 is 5.32 Å². The Morgan fingerprint density at radius 3 is 2.62 bits per heavy atom. The Morgan fingerprint density at radius 1 is 1.43 bits per heavy atom. The first-order valence-corrected chi connectivity index (χ1v) is 8.46. The van der Waals surface area contributed by atoms with E-state index in [9.17, 15) is 4.79 Å². The molecule has 0 aliphatic carbocycles. The van der Waals surface area contributed by atoms with Gasteiger partial charge >= 0.3 is 6.09 Å². The van der Waals surface area contributed by atoms with E-state index in [0.29, 0.717) is 6.04 Å². The summed E-state index contributed by atoms with van der Waals surface area (Å²) in [5.74, 6) is 0.731. The van der Waals surface area contributed by atoms with Crippen molar-refractivity contribution in [2.75, 3.05) is 13.1 Å². The van der Waals surface area contributed by atoms with E-state index in [1.165, 1.54) is 12.8 Å². The summed E-state index contributed by atoms with van der Waals surface area (Å²) >= 11 is 0. The molecule has 1 saturated heterocycles. The summed E-state index contributed by atoms with van der Waals surface area (Å²) < 4.78 is 5.48. The molecular weight excluding hydrogens is 264 g/mol. The first-order valence-electron chi connectivity index (χ1n) is 8.46. The molecule has 1 aliphatic rings. The molecule has 1 amide bonds. The third-order valence-corrected chi connectivity index (χ3v) is 4.04. The third-order valence-electron chi connectivity index (χ3n) is 4.04. The Balaban J connectivity index is 2.38. The highest BCUT2D eigenvalue weighted by Crippen LogP contribution is 2.21. The topological polar surface area (TPSA) is 41.6 Å². The largest absolute Gasteiger partial charge is 0.444 e. The highest BCUT2D eigenvalue weighted by Gasteiger charge is 2.31. The lowest BCUT2D eigenvalue weighted by Crippen LogP contribution is -2.51. The van der Waals surface area contributed by atoms with E-state index in [4.69, 9.17) is 4.74 Å². The quantitative estimate of drug-likeness (QED) is 0.839. The summed E-state index contributed by atoms with van der Waals surface area (Å²) in [7, 11) is 0. The van der Waals surface area contributed by atoms with Crippen LogP contribution in [0.3, 0.4) is 0 Å². The Morgan fingerprint density at radius 2 is 2.10 bits per heavy atom. The fourth-order valence-electron chi connectivity index (χ4n) is 2.91. The maximum atomic E-state index is 12.2. The monoisotopic (exact) mass is 298 g/mol. The van der Waals surface area contributed by atoms with Gasteiger partial charge < -0.3 is 15.0 Å². The molecule has 3 unspecified atom stereocenters. The molecule has 1 rings (SSSR count). The second kappa shape index (κ2) is 8.02. The van der Waals surface area contributed by atoms with Crippen LogP contribution in [-0.4, -0.2) is 41.8 Å². The van der Waals surface area contributed by atoms with Crippen molar-refractivity contribution in [3.05, 3.63) is 0 Å². The van der Waals surface area contributed by atoms with Gasteiger partial charge in [0.25, 0.3) is 0 Å². The predicted octanol–water partition coefficient (Wildman–Crippen LogP) is 3.80. The molecule has 0 spiro atoms. The molecule has 124 valence electrons. The van der Waals surface area contributed by atoms with Gasteiger partial charge in [-0.2, -0.15) is 0 Å². The van der Waals surface area contributed by atoms with E-state index in [2.05, 4.69) is 26.1 Å².